The van der Waals surface area contributed by atoms with E-state index in [0.717, 1.165) is 12.8 Å². The molecule has 2 rings (SSSR count). The predicted molar refractivity (Wildman–Crippen MR) is 48.1 cm³/mol. The maximum absolute atomic E-state index is 11.5. The van der Waals surface area contributed by atoms with Crippen LogP contribution in [0, 0.1) is 11.8 Å². The lowest BCUT2D eigenvalue weighted by Crippen LogP contribution is -2.32. The van der Waals surface area contributed by atoms with Crippen molar-refractivity contribution >= 4 is 23.1 Å². The van der Waals surface area contributed by atoms with Crippen LogP contribution in [-0.2, 0) is 20.9 Å². The number of hydrogen-bond donors (Lipinski definition) is 1. The van der Waals surface area contributed by atoms with E-state index in [2.05, 4.69) is 0 Å². The van der Waals surface area contributed by atoms with Gasteiger partial charge in [-0.2, -0.15) is 4.31 Å². The van der Waals surface area contributed by atoms with Crippen LogP contribution in [0.3, 0.4) is 0 Å². The Hall–Kier alpha value is -0.750. The molecule has 1 N–H and O–H groups in total. The first-order chi connectivity index (χ1) is 6.63. The molecule has 2 fully saturated rings. The summed E-state index contributed by atoms with van der Waals surface area (Å²) in [6.07, 6.45) is 3.18. The lowest BCUT2D eigenvalue weighted by Gasteiger charge is -2.19. The van der Waals surface area contributed by atoms with Crippen LogP contribution in [-0.4, -0.2) is 24.9 Å². The standard InChI is InChI=1S/C8H11NO4S/c10-7-5-3-1-2-4-6(5)8(11)9(7)14(12)13/h5-6H,1-4H2,(H,12,13). The first-order valence-electron chi connectivity index (χ1n) is 4.61. The van der Waals surface area contributed by atoms with Crippen LogP contribution < -0.4 is 0 Å². The Balaban J connectivity index is 2.29. The number of amides is 2. The van der Waals surface area contributed by atoms with Crippen molar-refractivity contribution in [3.05, 3.63) is 0 Å². The fourth-order valence-electron chi connectivity index (χ4n) is 2.29. The molecule has 0 bridgehead atoms. The maximum atomic E-state index is 11.5. The molecule has 5 nitrogen and oxygen atoms in total. The number of imide groups is 1. The second-order valence-electron chi connectivity index (χ2n) is 3.70. The largest absolute Gasteiger partial charge is 0.289 e. The van der Waals surface area contributed by atoms with Crippen LogP contribution in [0.15, 0.2) is 0 Å². The van der Waals surface area contributed by atoms with Gasteiger partial charge < -0.3 is 0 Å². The Morgan fingerprint density at radius 1 is 1.14 bits per heavy atom. The highest BCUT2D eigenvalue weighted by molar-refractivity contribution is 7.78. The molecule has 0 aromatic carbocycles. The average molecular weight is 217 g/mol. The average Bonchev–Trinajstić information content (AvgIpc) is 2.41. The number of rotatable bonds is 1. The summed E-state index contributed by atoms with van der Waals surface area (Å²) in [7, 11) is 0. The Morgan fingerprint density at radius 2 is 1.57 bits per heavy atom. The maximum Gasteiger partial charge on any atom is 0.271 e. The Morgan fingerprint density at radius 3 is 1.93 bits per heavy atom. The van der Waals surface area contributed by atoms with Crippen LogP contribution in [0.5, 0.6) is 0 Å². The molecule has 1 saturated heterocycles. The van der Waals surface area contributed by atoms with Gasteiger partial charge in [0.25, 0.3) is 11.3 Å². The molecule has 1 heterocycles. The van der Waals surface area contributed by atoms with Gasteiger partial charge in [0.15, 0.2) is 0 Å². The van der Waals surface area contributed by atoms with Gasteiger partial charge >= 0.3 is 0 Å². The lowest BCUT2D eigenvalue weighted by molar-refractivity contribution is -0.133. The molecular weight excluding hydrogens is 206 g/mol. The molecule has 2 aliphatic rings. The molecule has 0 spiro atoms. The van der Waals surface area contributed by atoms with Crippen molar-refractivity contribution in [2.24, 2.45) is 11.8 Å². The van der Waals surface area contributed by atoms with Crippen LogP contribution in [0.25, 0.3) is 0 Å². The number of fused-ring (bicyclic) bond motifs is 1. The van der Waals surface area contributed by atoms with Gasteiger partial charge in [-0.25, -0.2) is 4.21 Å². The summed E-state index contributed by atoms with van der Waals surface area (Å²) in [6, 6.07) is 0. The van der Waals surface area contributed by atoms with Gasteiger partial charge in [0.2, 0.25) is 11.8 Å². The van der Waals surface area contributed by atoms with Crippen molar-refractivity contribution in [3.63, 3.8) is 0 Å². The Bertz CT molecular complexity index is 292. The minimum atomic E-state index is -2.48. The van der Waals surface area contributed by atoms with E-state index in [9.17, 15) is 13.8 Å². The molecular formula is C8H11NO4S. The van der Waals surface area contributed by atoms with Gasteiger partial charge in [-0.3, -0.25) is 14.1 Å². The zero-order chi connectivity index (χ0) is 10.3. The summed E-state index contributed by atoms with van der Waals surface area (Å²) < 4.78 is 20.1. The van der Waals surface area contributed by atoms with Crippen molar-refractivity contribution in [2.45, 2.75) is 25.7 Å². The van der Waals surface area contributed by atoms with Crippen molar-refractivity contribution in [1.29, 1.82) is 0 Å². The quantitative estimate of drug-likeness (QED) is 0.506. The minimum absolute atomic E-state index is 0.340. The molecule has 3 unspecified atom stereocenters. The first-order valence-corrected chi connectivity index (χ1v) is 5.68. The monoisotopic (exact) mass is 217 g/mol. The number of hydrogen-bond acceptors (Lipinski definition) is 3. The summed E-state index contributed by atoms with van der Waals surface area (Å²) >= 11 is -2.48. The topological polar surface area (TPSA) is 74.7 Å². The van der Waals surface area contributed by atoms with Crippen molar-refractivity contribution in [2.75, 3.05) is 0 Å². The fraction of sp³-hybridized carbons (Fsp3) is 0.750. The molecule has 3 atom stereocenters. The van der Waals surface area contributed by atoms with Crippen molar-refractivity contribution in [1.82, 2.24) is 4.31 Å². The van der Waals surface area contributed by atoms with Crippen LogP contribution in [0.1, 0.15) is 25.7 Å². The van der Waals surface area contributed by atoms with Crippen LogP contribution >= 0.6 is 0 Å². The van der Waals surface area contributed by atoms with E-state index in [-0.39, 0.29) is 11.8 Å². The molecule has 6 heteroatoms. The molecule has 1 aliphatic carbocycles. The molecule has 14 heavy (non-hydrogen) atoms. The van der Waals surface area contributed by atoms with Gasteiger partial charge in [-0.05, 0) is 12.8 Å². The summed E-state index contributed by atoms with van der Waals surface area (Å²) in [5.41, 5.74) is 0. The summed E-state index contributed by atoms with van der Waals surface area (Å²) in [5.74, 6) is -1.62. The van der Waals surface area contributed by atoms with Gasteiger partial charge in [0.05, 0.1) is 11.8 Å². The van der Waals surface area contributed by atoms with E-state index in [1.54, 1.807) is 0 Å². The first kappa shape index (κ1) is 9.79. The van der Waals surface area contributed by atoms with Crippen LogP contribution in [0.2, 0.25) is 0 Å². The number of nitrogens with zero attached hydrogens (tertiary/aromatic N) is 1. The zero-order valence-electron chi connectivity index (χ0n) is 7.51. The van der Waals surface area contributed by atoms with Gasteiger partial charge in [-0.15, -0.1) is 0 Å². The second kappa shape index (κ2) is 3.43. The van der Waals surface area contributed by atoms with Crippen molar-refractivity contribution in [3.8, 4) is 0 Å². The summed E-state index contributed by atoms with van der Waals surface area (Å²) in [5, 5.41) is 0. The Kier molecular flexibility index (Phi) is 2.40. The highest BCUT2D eigenvalue weighted by Crippen LogP contribution is 2.38. The lowest BCUT2D eigenvalue weighted by atomic mass is 9.81. The van der Waals surface area contributed by atoms with E-state index in [4.69, 9.17) is 4.55 Å². The minimum Gasteiger partial charge on any atom is -0.289 e. The molecule has 1 aliphatic heterocycles. The third-order valence-corrected chi connectivity index (χ3v) is 3.63. The Labute approximate surface area is 83.9 Å². The number of carbonyl (C=O) groups is 2. The van der Waals surface area contributed by atoms with Crippen LogP contribution in [0.4, 0.5) is 0 Å². The van der Waals surface area contributed by atoms with Gasteiger partial charge in [-0.1, -0.05) is 12.8 Å². The van der Waals surface area contributed by atoms with E-state index in [1.807, 2.05) is 0 Å². The molecule has 78 valence electrons. The molecule has 0 aromatic rings. The molecule has 1 saturated carbocycles. The fourth-order valence-corrected chi connectivity index (χ4v) is 2.86. The SMILES string of the molecule is O=C1C2CCCCC2C(=O)N1S(=O)O. The van der Waals surface area contributed by atoms with E-state index < -0.39 is 23.1 Å². The third-order valence-electron chi connectivity index (χ3n) is 2.96. The van der Waals surface area contributed by atoms with E-state index >= 15 is 0 Å². The van der Waals surface area contributed by atoms with Gasteiger partial charge in [0, 0.05) is 0 Å². The summed E-state index contributed by atoms with van der Waals surface area (Å²) in [4.78, 5) is 23.1. The second-order valence-corrected chi connectivity index (χ2v) is 4.53. The molecule has 0 radical (unpaired) electrons. The van der Waals surface area contributed by atoms with Crippen molar-refractivity contribution < 1.29 is 18.4 Å². The smallest absolute Gasteiger partial charge is 0.271 e. The highest BCUT2D eigenvalue weighted by Gasteiger charge is 2.50. The van der Waals surface area contributed by atoms with E-state index in [0.29, 0.717) is 17.1 Å². The molecule has 0 aromatic heterocycles. The molecule has 2 amide bonds. The van der Waals surface area contributed by atoms with Gasteiger partial charge in [0.1, 0.15) is 0 Å². The summed E-state index contributed by atoms with van der Waals surface area (Å²) in [6.45, 7) is 0. The zero-order valence-corrected chi connectivity index (χ0v) is 8.33. The number of carbonyl (C=O) groups excluding carboxylic acids is 2. The normalized spacial score (nSPS) is 34.5. The van der Waals surface area contributed by atoms with E-state index in [1.165, 1.54) is 0 Å². The highest BCUT2D eigenvalue weighted by atomic mass is 32.2. The third kappa shape index (κ3) is 1.29. The predicted octanol–water partition coefficient (Wildman–Crippen LogP) is 0.298.